The second kappa shape index (κ2) is 9.91. The van der Waals surface area contributed by atoms with Crippen LogP contribution in [-0.4, -0.2) is 52.2 Å². The van der Waals surface area contributed by atoms with E-state index in [1.807, 2.05) is 37.3 Å². The van der Waals surface area contributed by atoms with Crippen LogP contribution in [0.25, 0.3) is 0 Å². The van der Waals surface area contributed by atoms with Gasteiger partial charge in [-0.3, -0.25) is 4.90 Å². The van der Waals surface area contributed by atoms with Gasteiger partial charge in [-0.2, -0.15) is 0 Å². The second-order valence-corrected chi connectivity index (χ2v) is 8.52. The molecule has 152 valence electrons. The van der Waals surface area contributed by atoms with E-state index in [1.54, 1.807) is 24.3 Å². The summed E-state index contributed by atoms with van der Waals surface area (Å²) in [5.41, 5.74) is 0. The molecule has 1 fully saturated rings. The SMILES string of the molecule is CCOc1ccc(OCCN2CCC(NS(=O)(=O)c3ccccc3)CC2)cc1. The van der Waals surface area contributed by atoms with Gasteiger partial charge in [0.2, 0.25) is 10.0 Å². The van der Waals surface area contributed by atoms with Gasteiger partial charge in [0.1, 0.15) is 18.1 Å². The van der Waals surface area contributed by atoms with Crippen molar-refractivity contribution in [2.75, 3.05) is 32.8 Å². The number of benzene rings is 2. The number of hydrogen-bond donors (Lipinski definition) is 1. The van der Waals surface area contributed by atoms with Crippen LogP contribution in [0.5, 0.6) is 11.5 Å². The highest BCUT2D eigenvalue weighted by Gasteiger charge is 2.24. The molecule has 1 aliphatic rings. The van der Waals surface area contributed by atoms with Crippen LogP contribution in [0.2, 0.25) is 0 Å². The lowest BCUT2D eigenvalue weighted by Gasteiger charge is -2.32. The predicted octanol–water partition coefficient (Wildman–Crippen LogP) is 2.91. The molecule has 6 nitrogen and oxygen atoms in total. The lowest BCUT2D eigenvalue weighted by Crippen LogP contribution is -2.45. The summed E-state index contributed by atoms with van der Waals surface area (Å²) in [5.74, 6) is 1.67. The molecular weight excluding hydrogens is 376 g/mol. The third-order valence-electron chi connectivity index (χ3n) is 4.77. The fourth-order valence-corrected chi connectivity index (χ4v) is 4.58. The monoisotopic (exact) mass is 404 g/mol. The highest BCUT2D eigenvalue weighted by molar-refractivity contribution is 7.89. The lowest BCUT2D eigenvalue weighted by atomic mass is 10.1. The van der Waals surface area contributed by atoms with Crippen LogP contribution < -0.4 is 14.2 Å². The van der Waals surface area contributed by atoms with Gasteiger partial charge in [0, 0.05) is 12.6 Å². The Kier molecular flexibility index (Phi) is 7.30. The first-order valence-electron chi connectivity index (χ1n) is 9.72. The van der Waals surface area contributed by atoms with Gasteiger partial charge in [-0.1, -0.05) is 18.2 Å². The topological polar surface area (TPSA) is 67.9 Å². The average molecular weight is 405 g/mol. The molecule has 7 heteroatoms. The molecule has 1 heterocycles. The predicted molar refractivity (Wildman–Crippen MR) is 109 cm³/mol. The van der Waals surface area contributed by atoms with Crippen LogP contribution in [0.1, 0.15) is 19.8 Å². The number of nitrogens with zero attached hydrogens (tertiary/aromatic N) is 1. The Labute approximate surface area is 167 Å². The minimum absolute atomic E-state index is 0.0199. The molecule has 0 amide bonds. The van der Waals surface area contributed by atoms with E-state index in [4.69, 9.17) is 9.47 Å². The van der Waals surface area contributed by atoms with Crippen molar-refractivity contribution in [1.82, 2.24) is 9.62 Å². The van der Waals surface area contributed by atoms with E-state index in [1.165, 1.54) is 0 Å². The van der Waals surface area contributed by atoms with Gasteiger partial charge in [0.05, 0.1) is 11.5 Å². The quantitative estimate of drug-likeness (QED) is 0.696. The van der Waals surface area contributed by atoms with Crippen molar-refractivity contribution in [3.63, 3.8) is 0 Å². The number of ether oxygens (including phenoxy) is 2. The minimum atomic E-state index is -3.44. The number of nitrogens with one attached hydrogen (secondary N) is 1. The van der Waals surface area contributed by atoms with Gasteiger partial charge in [-0.05, 0) is 69.3 Å². The lowest BCUT2D eigenvalue weighted by molar-refractivity contribution is 0.170. The third kappa shape index (κ3) is 5.95. The minimum Gasteiger partial charge on any atom is -0.494 e. The normalized spacial score (nSPS) is 16.0. The Hall–Kier alpha value is -2.09. The summed E-state index contributed by atoms with van der Waals surface area (Å²) in [5, 5.41) is 0. The van der Waals surface area contributed by atoms with Gasteiger partial charge >= 0.3 is 0 Å². The zero-order valence-electron chi connectivity index (χ0n) is 16.2. The molecule has 0 aromatic heterocycles. The first-order chi connectivity index (χ1) is 13.6. The van der Waals surface area contributed by atoms with E-state index in [-0.39, 0.29) is 6.04 Å². The van der Waals surface area contributed by atoms with Crippen LogP contribution in [0, 0.1) is 0 Å². The highest BCUT2D eigenvalue weighted by Crippen LogP contribution is 2.18. The van der Waals surface area contributed by atoms with E-state index in [0.29, 0.717) is 18.1 Å². The zero-order valence-corrected chi connectivity index (χ0v) is 17.0. The summed E-state index contributed by atoms with van der Waals surface area (Å²) in [6.45, 7) is 5.75. The Morgan fingerprint density at radius 3 is 2.18 bits per heavy atom. The Balaban J connectivity index is 1.38. The van der Waals surface area contributed by atoms with E-state index in [9.17, 15) is 8.42 Å². The molecule has 0 bridgehead atoms. The van der Waals surface area contributed by atoms with Crippen molar-refractivity contribution in [2.24, 2.45) is 0 Å². The largest absolute Gasteiger partial charge is 0.494 e. The van der Waals surface area contributed by atoms with E-state index >= 15 is 0 Å². The summed E-state index contributed by atoms with van der Waals surface area (Å²) >= 11 is 0. The molecular formula is C21H28N2O4S. The summed E-state index contributed by atoms with van der Waals surface area (Å²) in [6.07, 6.45) is 1.60. The summed E-state index contributed by atoms with van der Waals surface area (Å²) in [7, 11) is -3.44. The van der Waals surface area contributed by atoms with Crippen LogP contribution in [0.3, 0.4) is 0 Å². The average Bonchev–Trinajstić information content (AvgIpc) is 2.71. The second-order valence-electron chi connectivity index (χ2n) is 6.80. The van der Waals surface area contributed by atoms with E-state index < -0.39 is 10.0 Å². The van der Waals surface area contributed by atoms with Crippen molar-refractivity contribution >= 4 is 10.0 Å². The molecule has 0 atom stereocenters. The van der Waals surface area contributed by atoms with Gasteiger partial charge in [-0.25, -0.2) is 13.1 Å². The van der Waals surface area contributed by atoms with Crippen LogP contribution >= 0.6 is 0 Å². The maximum atomic E-state index is 12.4. The van der Waals surface area contributed by atoms with Gasteiger partial charge in [0.15, 0.2) is 0 Å². The molecule has 2 aromatic carbocycles. The molecule has 0 spiro atoms. The van der Waals surface area contributed by atoms with Gasteiger partial charge in [0.25, 0.3) is 0 Å². The molecule has 0 aliphatic carbocycles. The number of likely N-dealkylation sites (tertiary alicyclic amines) is 1. The first kappa shape index (κ1) is 20.6. The fraction of sp³-hybridized carbons (Fsp3) is 0.429. The highest BCUT2D eigenvalue weighted by atomic mass is 32.2. The number of sulfonamides is 1. The Bertz CT molecular complexity index is 817. The number of rotatable bonds is 9. The molecule has 3 rings (SSSR count). The van der Waals surface area contributed by atoms with Crippen molar-refractivity contribution in [2.45, 2.75) is 30.7 Å². The Morgan fingerprint density at radius 1 is 0.964 bits per heavy atom. The van der Waals surface area contributed by atoms with E-state index in [2.05, 4.69) is 9.62 Å². The number of hydrogen-bond acceptors (Lipinski definition) is 5. The summed E-state index contributed by atoms with van der Waals surface area (Å²) in [6, 6.07) is 16.1. The van der Waals surface area contributed by atoms with Crippen molar-refractivity contribution in [3.05, 3.63) is 54.6 Å². The van der Waals surface area contributed by atoms with Gasteiger partial charge in [-0.15, -0.1) is 0 Å². The molecule has 2 aromatic rings. The maximum absolute atomic E-state index is 12.4. The molecule has 0 unspecified atom stereocenters. The van der Waals surface area contributed by atoms with Crippen LogP contribution in [-0.2, 0) is 10.0 Å². The summed E-state index contributed by atoms with van der Waals surface area (Å²) < 4.78 is 38.9. The smallest absolute Gasteiger partial charge is 0.240 e. The van der Waals surface area contributed by atoms with Gasteiger partial charge < -0.3 is 9.47 Å². The maximum Gasteiger partial charge on any atom is 0.240 e. The zero-order chi connectivity index (χ0) is 19.8. The molecule has 28 heavy (non-hydrogen) atoms. The van der Waals surface area contributed by atoms with Crippen molar-refractivity contribution in [3.8, 4) is 11.5 Å². The molecule has 1 N–H and O–H groups in total. The standard InChI is InChI=1S/C21H28N2O4S/c1-2-26-19-8-10-20(11-9-19)27-17-16-23-14-12-18(13-15-23)22-28(24,25)21-6-4-3-5-7-21/h3-11,18,22H,2,12-17H2,1H3. The van der Waals surface area contributed by atoms with Crippen LogP contribution in [0.4, 0.5) is 0 Å². The Morgan fingerprint density at radius 2 is 1.57 bits per heavy atom. The van der Waals surface area contributed by atoms with Crippen molar-refractivity contribution in [1.29, 1.82) is 0 Å². The molecule has 1 saturated heterocycles. The fourth-order valence-electron chi connectivity index (χ4n) is 3.25. The van der Waals surface area contributed by atoms with Crippen LogP contribution in [0.15, 0.2) is 59.5 Å². The summed E-state index contributed by atoms with van der Waals surface area (Å²) in [4.78, 5) is 2.63. The third-order valence-corrected chi connectivity index (χ3v) is 6.31. The van der Waals surface area contributed by atoms with E-state index in [0.717, 1.165) is 44.0 Å². The molecule has 0 saturated carbocycles. The number of piperidine rings is 1. The molecule has 1 aliphatic heterocycles. The molecule has 0 radical (unpaired) electrons. The first-order valence-corrected chi connectivity index (χ1v) is 11.2. The van der Waals surface area contributed by atoms with Crippen molar-refractivity contribution < 1.29 is 17.9 Å².